The molecule has 3 rings (SSSR count). The van der Waals surface area contributed by atoms with Crippen LogP contribution in [0.15, 0.2) is 71.6 Å². The Labute approximate surface area is 178 Å². The number of rotatable bonds is 5. The van der Waals surface area contributed by atoms with Crippen molar-refractivity contribution < 1.29 is 26.4 Å². The van der Waals surface area contributed by atoms with Crippen molar-refractivity contribution in [2.75, 3.05) is 10.0 Å². The molecule has 0 bridgehead atoms. The van der Waals surface area contributed by atoms with Gasteiger partial charge in [-0.25, -0.2) is 8.42 Å². The summed E-state index contributed by atoms with van der Waals surface area (Å²) < 4.78 is 66.1. The molecule has 0 aliphatic heterocycles. The van der Waals surface area contributed by atoms with E-state index >= 15 is 0 Å². The summed E-state index contributed by atoms with van der Waals surface area (Å²) in [7, 11) is -4.18. The Balaban J connectivity index is 1.82. The van der Waals surface area contributed by atoms with Crippen LogP contribution >= 0.6 is 0 Å². The summed E-state index contributed by atoms with van der Waals surface area (Å²) in [4.78, 5) is 12.3. The van der Waals surface area contributed by atoms with Crippen molar-refractivity contribution in [3.63, 3.8) is 0 Å². The first-order chi connectivity index (χ1) is 14.4. The molecule has 5 nitrogen and oxygen atoms in total. The average Bonchev–Trinajstić information content (AvgIpc) is 2.66. The largest absolute Gasteiger partial charge is 0.416 e. The van der Waals surface area contributed by atoms with Crippen LogP contribution in [-0.4, -0.2) is 14.3 Å². The first kappa shape index (κ1) is 22.4. The zero-order valence-electron chi connectivity index (χ0n) is 16.6. The van der Waals surface area contributed by atoms with E-state index in [1.54, 1.807) is 12.1 Å². The number of carbonyl (C=O) groups is 1. The van der Waals surface area contributed by atoms with E-state index in [1.165, 1.54) is 30.3 Å². The highest BCUT2D eigenvalue weighted by atomic mass is 32.2. The fraction of sp³-hybridized carbons (Fsp3) is 0.136. The number of alkyl halides is 3. The van der Waals surface area contributed by atoms with Crippen LogP contribution in [0.1, 0.15) is 27.0 Å². The van der Waals surface area contributed by atoms with E-state index < -0.39 is 27.7 Å². The second-order valence-electron chi connectivity index (χ2n) is 7.04. The second kappa shape index (κ2) is 8.43. The van der Waals surface area contributed by atoms with Gasteiger partial charge in [-0.1, -0.05) is 29.3 Å². The van der Waals surface area contributed by atoms with Gasteiger partial charge in [0.1, 0.15) is 0 Å². The van der Waals surface area contributed by atoms with Crippen molar-refractivity contribution >= 4 is 27.3 Å². The van der Waals surface area contributed by atoms with E-state index in [2.05, 4.69) is 10.0 Å². The van der Waals surface area contributed by atoms with Gasteiger partial charge in [0.25, 0.3) is 15.9 Å². The van der Waals surface area contributed by atoms with Crippen molar-refractivity contribution in [2.24, 2.45) is 0 Å². The second-order valence-corrected chi connectivity index (χ2v) is 8.72. The molecular weight excluding hydrogens is 429 g/mol. The van der Waals surface area contributed by atoms with Gasteiger partial charge >= 0.3 is 6.18 Å². The number of benzene rings is 3. The maximum absolute atomic E-state index is 12.9. The summed E-state index contributed by atoms with van der Waals surface area (Å²) in [5.74, 6) is -0.410. The molecule has 0 aliphatic rings. The van der Waals surface area contributed by atoms with E-state index in [9.17, 15) is 26.4 Å². The van der Waals surface area contributed by atoms with Gasteiger partial charge in [0, 0.05) is 16.9 Å². The number of carbonyl (C=O) groups excluding carboxylic acids is 1. The molecule has 0 aliphatic carbocycles. The molecule has 0 spiro atoms. The Morgan fingerprint density at radius 2 is 1.45 bits per heavy atom. The first-order valence-electron chi connectivity index (χ1n) is 9.14. The van der Waals surface area contributed by atoms with E-state index in [4.69, 9.17) is 0 Å². The standard InChI is InChI=1S/C22H19F3N2O3S/c1-14-9-15(2)11-16(10-14)21(28)26-18-6-4-8-20(13-18)31(29,30)27-19-7-3-5-17(12-19)22(23,24)25/h3-13,27H,1-2H3,(H,26,28). The van der Waals surface area contributed by atoms with Crippen LogP contribution in [0.2, 0.25) is 0 Å². The van der Waals surface area contributed by atoms with E-state index in [-0.39, 0.29) is 16.3 Å². The predicted molar refractivity (Wildman–Crippen MR) is 113 cm³/mol. The normalized spacial score (nSPS) is 11.8. The van der Waals surface area contributed by atoms with Crippen LogP contribution in [0, 0.1) is 13.8 Å². The van der Waals surface area contributed by atoms with Crippen molar-refractivity contribution in [3.05, 3.63) is 89.0 Å². The number of anilines is 2. The zero-order chi connectivity index (χ0) is 22.8. The summed E-state index contributed by atoms with van der Waals surface area (Å²) in [5.41, 5.74) is 1.28. The highest BCUT2D eigenvalue weighted by Crippen LogP contribution is 2.31. The molecule has 9 heteroatoms. The van der Waals surface area contributed by atoms with Gasteiger partial charge in [-0.2, -0.15) is 13.2 Å². The number of nitrogens with one attached hydrogen (secondary N) is 2. The van der Waals surface area contributed by atoms with Crippen molar-refractivity contribution in [2.45, 2.75) is 24.9 Å². The van der Waals surface area contributed by atoms with Crippen LogP contribution in [0.3, 0.4) is 0 Å². The Kier molecular flexibility index (Phi) is 6.08. The number of halogens is 3. The minimum atomic E-state index is -4.60. The number of hydrogen-bond acceptors (Lipinski definition) is 3. The van der Waals surface area contributed by atoms with E-state index in [0.29, 0.717) is 11.6 Å². The van der Waals surface area contributed by atoms with Crippen LogP contribution in [-0.2, 0) is 16.2 Å². The lowest BCUT2D eigenvalue weighted by Crippen LogP contribution is -2.16. The Morgan fingerprint density at radius 3 is 2.10 bits per heavy atom. The molecule has 162 valence electrons. The third kappa shape index (κ3) is 5.64. The van der Waals surface area contributed by atoms with Gasteiger partial charge in [0.15, 0.2) is 0 Å². The maximum Gasteiger partial charge on any atom is 0.416 e. The summed E-state index contributed by atoms with van der Waals surface area (Å²) in [6.07, 6.45) is -4.60. The Hall–Kier alpha value is -3.33. The zero-order valence-corrected chi connectivity index (χ0v) is 17.4. The number of aryl methyl sites for hydroxylation is 2. The minimum Gasteiger partial charge on any atom is -0.322 e. The van der Waals surface area contributed by atoms with Crippen LogP contribution in [0.5, 0.6) is 0 Å². The monoisotopic (exact) mass is 448 g/mol. The van der Waals surface area contributed by atoms with Gasteiger partial charge < -0.3 is 5.32 Å². The quantitative estimate of drug-likeness (QED) is 0.551. The van der Waals surface area contributed by atoms with Crippen LogP contribution < -0.4 is 10.0 Å². The summed E-state index contributed by atoms with van der Waals surface area (Å²) in [6, 6.07) is 14.7. The molecule has 31 heavy (non-hydrogen) atoms. The van der Waals surface area contributed by atoms with E-state index in [0.717, 1.165) is 23.3 Å². The molecule has 0 unspecified atom stereocenters. The summed E-state index contributed by atoms with van der Waals surface area (Å²) >= 11 is 0. The van der Waals surface area contributed by atoms with Crippen molar-refractivity contribution in [1.82, 2.24) is 0 Å². The third-order valence-electron chi connectivity index (χ3n) is 4.33. The molecule has 3 aromatic rings. The molecule has 0 aromatic heterocycles. The first-order valence-corrected chi connectivity index (χ1v) is 10.6. The average molecular weight is 448 g/mol. The molecule has 0 fully saturated rings. The van der Waals surface area contributed by atoms with Crippen LogP contribution in [0.4, 0.5) is 24.5 Å². The lowest BCUT2D eigenvalue weighted by molar-refractivity contribution is -0.137. The fourth-order valence-corrected chi connectivity index (χ4v) is 4.12. The summed E-state index contributed by atoms with van der Waals surface area (Å²) in [5, 5.41) is 2.64. The molecule has 0 saturated heterocycles. The van der Waals surface area contributed by atoms with Crippen molar-refractivity contribution in [3.8, 4) is 0 Å². The van der Waals surface area contributed by atoms with Crippen molar-refractivity contribution in [1.29, 1.82) is 0 Å². The van der Waals surface area contributed by atoms with Gasteiger partial charge in [0.05, 0.1) is 10.5 Å². The minimum absolute atomic E-state index is 0.205. The molecule has 3 aromatic carbocycles. The Morgan fingerprint density at radius 1 is 0.839 bits per heavy atom. The molecule has 0 atom stereocenters. The summed E-state index contributed by atoms with van der Waals surface area (Å²) in [6.45, 7) is 3.72. The number of hydrogen-bond donors (Lipinski definition) is 2. The SMILES string of the molecule is Cc1cc(C)cc(C(=O)Nc2cccc(S(=O)(=O)Nc3cccc(C(F)(F)F)c3)c2)c1. The molecular formula is C22H19F3N2O3S. The van der Waals surface area contributed by atoms with Crippen LogP contribution in [0.25, 0.3) is 0 Å². The topological polar surface area (TPSA) is 75.3 Å². The smallest absolute Gasteiger partial charge is 0.322 e. The number of amides is 1. The highest BCUT2D eigenvalue weighted by molar-refractivity contribution is 7.92. The van der Waals surface area contributed by atoms with Gasteiger partial charge in [-0.05, 0) is 62.4 Å². The van der Waals surface area contributed by atoms with Gasteiger partial charge in [-0.3, -0.25) is 9.52 Å². The Bertz CT molecular complexity index is 1220. The molecule has 1 amide bonds. The molecule has 0 heterocycles. The molecule has 0 radical (unpaired) electrons. The fourth-order valence-electron chi connectivity index (χ4n) is 3.02. The van der Waals surface area contributed by atoms with Gasteiger partial charge in [0.2, 0.25) is 0 Å². The number of sulfonamides is 1. The third-order valence-corrected chi connectivity index (χ3v) is 5.71. The molecule has 2 N–H and O–H groups in total. The van der Waals surface area contributed by atoms with Gasteiger partial charge in [-0.15, -0.1) is 0 Å². The predicted octanol–water partition coefficient (Wildman–Crippen LogP) is 5.38. The maximum atomic E-state index is 12.9. The lowest BCUT2D eigenvalue weighted by atomic mass is 10.1. The lowest BCUT2D eigenvalue weighted by Gasteiger charge is -2.12. The highest BCUT2D eigenvalue weighted by Gasteiger charge is 2.30. The molecule has 0 saturated carbocycles. The van der Waals surface area contributed by atoms with E-state index in [1.807, 2.05) is 19.9 Å².